The second-order valence-electron chi connectivity index (χ2n) is 6.16. The molecule has 1 saturated heterocycles. The van der Waals surface area contributed by atoms with Crippen molar-refractivity contribution in [3.63, 3.8) is 0 Å². The molecule has 1 heterocycles. The SMILES string of the molecule is CCC1CCC(C)N1CC(N)C(C)(C)C. The van der Waals surface area contributed by atoms with Gasteiger partial charge in [-0.05, 0) is 31.6 Å². The van der Waals surface area contributed by atoms with Gasteiger partial charge in [0.15, 0.2) is 0 Å². The van der Waals surface area contributed by atoms with Crippen molar-refractivity contribution in [2.45, 2.75) is 72.0 Å². The molecule has 3 unspecified atom stereocenters. The van der Waals surface area contributed by atoms with Crippen molar-refractivity contribution >= 4 is 0 Å². The van der Waals surface area contributed by atoms with Crippen LogP contribution >= 0.6 is 0 Å². The molecule has 1 aliphatic rings. The third-order valence-corrected chi connectivity index (χ3v) is 3.94. The van der Waals surface area contributed by atoms with Gasteiger partial charge in [-0.3, -0.25) is 4.90 Å². The zero-order chi connectivity index (χ0) is 11.6. The molecule has 0 bridgehead atoms. The number of likely N-dealkylation sites (tertiary alicyclic amines) is 1. The Labute approximate surface area is 95.2 Å². The smallest absolute Gasteiger partial charge is 0.0217 e. The first-order valence-electron chi connectivity index (χ1n) is 6.37. The van der Waals surface area contributed by atoms with Gasteiger partial charge in [0.05, 0.1) is 0 Å². The fourth-order valence-corrected chi connectivity index (χ4v) is 2.39. The zero-order valence-corrected chi connectivity index (χ0v) is 11.1. The van der Waals surface area contributed by atoms with Crippen LogP contribution in [0.25, 0.3) is 0 Å². The van der Waals surface area contributed by atoms with Crippen molar-refractivity contribution in [1.29, 1.82) is 0 Å². The fraction of sp³-hybridized carbons (Fsp3) is 1.00. The van der Waals surface area contributed by atoms with Crippen molar-refractivity contribution in [2.75, 3.05) is 6.54 Å². The molecule has 0 amide bonds. The standard InChI is InChI=1S/C13H28N2/c1-6-11-8-7-10(2)15(11)9-12(14)13(3,4)5/h10-12H,6-9,14H2,1-5H3. The Morgan fingerprint density at radius 2 is 1.93 bits per heavy atom. The maximum atomic E-state index is 6.27. The van der Waals surface area contributed by atoms with Crippen LogP contribution in [0.4, 0.5) is 0 Å². The minimum atomic E-state index is 0.223. The van der Waals surface area contributed by atoms with E-state index in [1.165, 1.54) is 19.3 Å². The molecular formula is C13H28N2. The van der Waals surface area contributed by atoms with E-state index in [2.05, 4.69) is 39.5 Å². The summed E-state index contributed by atoms with van der Waals surface area (Å²) in [5.74, 6) is 0. The van der Waals surface area contributed by atoms with Crippen LogP contribution < -0.4 is 5.73 Å². The molecule has 0 aromatic heterocycles. The van der Waals surface area contributed by atoms with Gasteiger partial charge in [0.25, 0.3) is 0 Å². The van der Waals surface area contributed by atoms with Crippen molar-refractivity contribution in [2.24, 2.45) is 11.1 Å². The molecule has 1 fully saturated rings. The van der Waals surface area contributed by atoms with E-state index in [0.717, 1.165) is 18.6 Å². The predicted molar refractivity (Wildman–Crippen MR) is 66.9 cm³/mol. The zero-order valence-electron chi connectivity index (χ0n) is 11.1. The number of rotatable bonds is 3. The summed E-state index contributed by atoms with van der Waals surface area (Å²) in [4.78, 5) is 2.62. The molecule has 0 aromatic carbocycles. The van der Waals surface area contributed by atoms with Crippen LogP contribution in [0.15, 0.2) is 0 Å². The van der Waals surface area contributed by atoms with Gasteiger partial charge in [-0.1, -0.05) is 27.7 Å². The van der Waals surface area contributed by atoms with Gasteiger partial charge in [0, 0.05) is 24.7 Å². The lowest BCUT2D eigenvalue weighted by atomic mass is 9.87. The first kappa shape index (κ1) is 13.0. The topological polar surface area (TPSA) is 29.3 Å². The largest absolute Gasteiger partial charge is 0.326 e. The van der Waals surface area contributed by atoms with Crippen molar-refractivity contribution in [3.05, 3.63) is 0 Å². The highest BCUT2D eigenvalue weighted by Crippen LogP contribution is 2.28. The van der Waals surface area contributed by atoms with E-state index >= 15 is 0 Å². The van der Waals surface area contributed by atoms with Crippen LogP contribution in [-0.2, 0) is 0 Å². The number of nitrogens with zero attached hydrogens (tertiary/aromatic N) is 1. The van der Waals surface area contributed by atoms with E-state index in [0.29, 0.717) is 0 Å². The average Bonchev–Trinajstić information content (AvgIpc) is 2.46. The molecule has 1 aliphatic heterocycles. The van der Waals surface area contributed by atoms with Crippen LogP contribution in [0.5, 0.6) is 0 Å². The van der Waals surface area contributed by atoms with E-state index < -0.39 is 0 Å². The average molecular weight is 212 g/mol. The molecule has 1 rings (SSSR count). The molecule has 2 heteroatoms. The third-order valence-electron chi connectivity index (χ3n) is 3.94. The molecular weight excluding hydrogens is 184 g/mol. The summed E-state index contributed by atoms with van der Waals surface area (Å²) in [5.41, 5.74) is 6.49. The molecule has 0 saturated carbocycles. The Morgan fingerprint density at radius 1 is 1.33 bits per heavy atom. The number of nitrogens with two attached hydrogens (primary N) is 1. The van der Waals surface area contributed by atoms with Gasteiger partial charge >= 0.3 is 0 Å². The lowest BCUT2D eigenvalue weighted by Gasteiger charge is -2.35. The van der Waals surface area contributed by atoms with Gasteiger partial charge in [-0.2, -0.15) is 0 Å². The summed E-state index contributed by atoms with van der Waals surface area (Å²) in [6.07, 6.45) is 3.96. The van der Waals surface area contributed by atoms with Crippen LogP contribution in [0.1, 0.15) is 53.9 Å². The Morgan fingerprint density at radius 3 is 2.40 bits per heavy atom. The van der Waals surface area contributed by atoms with E-state index in [4.69, 9.17) is 5.73 Å². The van der Waals surface area contributed by atoms with E-state index in [-0.39, 0.29) is 11.5 Å². The predicted octanol–water partition coefficient (Wildman–Crippen LogP) is 2.62. The van der Waals surface area contributed by atoms with Crippen molar-refractivity contribution < 1.29 is 0 Å². The van der Waals surface area contributed by atoms with Gasteiger partial charge in [0.1, 0.15) is 0 Å². The lowest BCUT2D eigenvalue weighted by molar-refractivity contribution is 0.150. The highest BCUT2D eigenvalue weighted by molar-refractivity contribution is 4.89. The van der Waals surface area contributed by atoms with E-state index in [1.54, 1.807) is 0 Å². The molecule has 0 spiro atoms. The molecule has 90 valence electrons. The lowest BCUT2D eigenvalue weighted by Crippen LogP contribution is -2.48. The summed E-state index contributed by atoms with van der Waals surface area (Å²) < 4.78 is 0. The third kappa shape index (κ3) is 3.18. The molecule has 0 aromatic rings. The fourth-order valence-electron chi connectivity index (χ4n) is 2.39. The monoisotopic (exact) mass is 212 g/mol. The first-order chi connectivity index (χ1) is 6.86. The molecule has 0 radical (unpaired) electrons. The minimum Gasteiger partial charge on any atom is -0.326 e. The maximum absolute atomic E-state index is 6.27. The molecule has 2 nitrogen and oxygen atoms in total. The molecule has 3 atom stereocenters. The van der Waals surface area contributed by atoms with Crippen LogP contribution in [0.2, 0.25) is 0 Å². The Kier molecular flexibility index (Phi) is 4.19. The first-order valence-corrected chi connectivity index (χ1v) is 6.37. The van der Waals surface area contributed by atoms with Crippen molar-refractivity contribution in [1.82, 2.24) is 4.90 Å². The summed E-state index contributed by atoms with van der Waals surface area (Å²) in [5, 5.41) is 0. The van der Waals surface area contributed by atoms with Gasteiger partial charge in [-0.15, -0.1) is 0 Å². The Balaban J connectivity index is 2.56. The minimum absolute atomic E-state index is 0.223. The van der Waals surface area contributed by atoms with E-state index in [1.807, 2.05) is 0 Å². The second kappa shape index (κ2) is 4.84. The van der Waals surface area contributed by atoms with Crippen LogP contribution in [-0.4, -0.2) is 29.6 Å². The summed E-state index contributed by atoms with van der Waals surface area (Å²) in [6, 6.07) is 1.78. The number of hydrogen-bond acceptors (Lipinski definition) is 2. The summed E-state index contributed by atoms with van der Waals surface area (Å²) >= 11 is 0. The van der Waals surface area contributed by atoms with Gasteiger partial charge in [0.2, 0.25) is 0 Å². The molecule has 2 N–H and O–H groups in total. The van der Waals surface area contributed by atoms with Gasteiger partial charge < -0.3 is 5.73 Å². The summed E-state index contributed by atoms with van der Waals surface area (Å²) in [7, 11) is 0. The molecule has 15 heavy (non-hydrogen) atoms. The molecule has 0 aliphatic carbocycles. The normalized spacial score (nSPS) is 30.8. The van der Waals surface area contributed by atoms with Crippen LogP contribution in [0.3, 0.4) is 0 Å². The second-order valence-corrected chi connectivity index (χ2v) is 6.16. The maximum Gasteiger partial charge on any atom is 0.0217 e. The highest BCUT2D eigenvalue weighted by atomic mass is 15.2. The highest BCUT2D eigenvalue weighted by Gasteiger charge is 2.32. The van der Waals surface area contributed by atoms with Gasteiger partial charge in [-0.25, -0.2) is 0 Å². The Bertz CT molecular complexity index is 195. The van der Waals surface area contributed by atoms with Crippen molar-refractivity contribution in [3.8, 4) is 0 Å². The van der Waals surface area contributed by atoms with Crippen LogP contribution in [0, 0.1) is 5.41 Å². The number of hydrogen-bond donors (Lipinski definition) is 1. The summed E-state index contributed by atoms with van der Waals surface area (Å²) in [6.45, 7) is 12.4. The Hall–Kier alpha value is -0.0800. The quantitative estimate of drug-likeness (QED) is 0.779. The van der Waals surface area contributed by atoms with E-state index in [9.17, 15) is 0 Å².